The first-order valence-electron chi connectivity index (χ1n) is 7.34. The van der Waals surface area contributed by atoms with Crippen molar-refractivity contribution in [2.24, 2.45) is 0 Å². The number of aliphatic hydroxyl groups excluding tert-OH is 1. The SMILES string of the molecule is O[C@@H]1CN(Cc2cnc(NCc3ccccc3)nc2)C[C@H]1F. The summed E-state index contributed by atoms with van der Waals surface area (Å²) < 4.78 is 13.3. The van der Waals surface area contributed by atoms with Crippen molar-refractivity contribution in [3.63, 3.8) is 0 Å². The van der Waals surface area contributed by atoms with Crippen molar-refractivity contribution in [2.75, 3.05) is 18.4 Å². The van der Waals surface area contributed by atoms with Crippen LogP contribution in [0.4, 0.5) is 10.3 Å². The van der Waals surface area contributed by atoms with Crippen LogP contribution in [0.3, 0.4) is 0 Å². The highest BCUT2D eigenvalue weighted by atomic mass is 19.1. The van der Waals surface area contributed by atoms with Crippen molar-refractivity contribution in [1.82, 2.24) is 14.9 Å². The first-order chi connectivity index (χ1) is 10.7. The average molecular weight is 302 g/mol. The molecular weight excluding hydrogens is 283 g/mol. The van der Waals surface area contributed by atoms with Crippen LogP contribution in [-0.2, 0) is 13.1 Å². The molecule has 1 aliphatic heterocycles. The molecule has 2 N–H and O–H groups in total. The molecule has 0 bridgehead atoms. The van der Waals surface area contributed by atoms with Gasteiger partial charge in [-0.15, -0.1) is 0 Å². The highest BCUT2D eigenvalue weighted by Gasteiger charge is 2.30. The number of nitrogens with zero attached hydrogens (tertiary/aromatic N) is 3. The number of hydrogen-bond donors (Lipinski definition) is 2. The van der Waals surface area contributed by atoms with Gasteiger partial charge in [0.15, 0.2) is 0 Å². The van der Waals surface area contributed by atoms with E-state index in [1.807, 2.05) is 35.2 Å². The summed E-state index contributed by atoms with van der Waals surface area (Å²) in [5.41, 5.74) is 2.07. The molecule has 0 radical (unpaired) electrons. The van der Waals surface area contributed by atoms with Crippen LogP contribution < -0.4 is 5.32 Å². The Labute approximate surface area is 128 Å². The summed E-state index contributed by atoms with van der Waals surface area (Å²) in [4.78, 5) is 10.4. The Bertz CT molecular complexity index is 583. The van der Waals surface area contributed by atoms with Crippen LogP contribution in [0.5, 0.6) is 0 Å². The highest BCUT2D eigenvalue weighted by Crippen LogP contribution is 2.16. The summed E-state index contributed by atoms with van der Waals surface area (Å²) in [6.07, 6.45) is 1.43. The smallest absolute Gasteiger partial charge is 0.222 e. The van der Waals surface area contributed by atoms with Gasteiger partial charge < -0.3 is 10.4 Å². The van der Waals surface area contributed by atoms with Crippen molar-refractivity contribution in [3.05, 3.63) is 53.9 Å². The molecule has 0 unspecified atom stereocenters. The molecule has 116 valence electrons. The summed E-state index contributed by atoms with van der Waals surface area (Å²) in [6.45, 7) is 1.84. The van der Waals surface area contributed by atoms with E-state index in [9.17, 15) is 9.50 Å². The van der Waals surface area contributed by atoms with Gasteiger partial charge in [-0.05, 0) is 5.56 Å². The minimum atomic E-state index is -1.16. The van der Waals surface area contributed by atoms with E-state index < -0.39 is 12.3 Å². The number of hydrogen-bond acceptors (Lipinski definition) is 5. The molecule has 1 aliphatic rings. The van der Waals surface area contributed by atoms with Gasteiger partial charge >= 0.3 is 0 Å². The molecule has 1 fully saturated rings. The number of anilines is 1. The molecular formula is C16H19FN4O. The first-order valence-corrected chi connectivity index (χ1v) is 7.34. The molecule has 1 saturated heterocycles. The van der Waals surface area contributed by atoms with Gasteiger partial charge in [0.25, 0.3) is 0 Å². The summed E-state index contributed by atoms with van der Waals surface area (Å²) >= 11 is 0. The van der Waals surface area contributed by atoms with E-state index in [-0.39, 0.29) is 6.54 Å². The molecule has 0 amide bonds. The van der Waals surface area contributed by atoms with Crippen LogP contribution >= 0.6 is 0 Å². The minimum Gasteiger partial charge on any atom is -0.389 e. The van der Waals surface area contributed by atoms with E-state index in [1.165, 1.54) is 0 Å². The van der Waals surface area contributed by atoms with Crippen molar-refractivity contribution < 1.29 is 9.50 Å². The molecule has 3 rings (SSSR count). The van der Waals surface area contributed by atoms with E-state index >= 15 is 0 Å². The van der Waals surface area contributed by atoms with Gasteiger partial charge in [0.1, 0.15) is 6.17 Å². The van der Waals surface area contributed by atoms with Crippen LogP contribution in [0.15, 0.2) is 42.7 Å². The fourth-order valence-electron chi connectivity index (χ4n) is 2.51. The maximum absolute atomic E-state index is 13.3. The predicted molar refractivity (Wildman–Crippen MR) is 82.0 cm³/mol. The summed E-state index contributed by atoms with van der Waals surface area (Å²) in [5, 5.41) is 12.6. The van der Waals surface area contributed by atoms with E-state index in [2.05, 4.69) is 15.3 Å². The molecule has 2 heterocycles. The van der Waals surface area contributed by atoms with Crippen LogP contribution in [-0.4, -0.2) is 45.3 Å². The number of nitrogens with one attached hydrogen (secondary N) is 1. The van der Waals surface area contributed by atoms with Crippen LogP contribution in [0.1, 0.15) is 11.1 Å². The van der Waals surface area contributed by atoms with Crippen molar-refractivity contribution in [3.8, 4) is 0 Å². The van der Waals surface area contributed by atoms with Crippen LogP contribution in [0, 0.1) is 0 Å². The second-order valence-electron chi connectivity index (χ2n) is 5.53. The third kappa shape index (κ3) is 3.78. The Morgan fingerprint density at radius 2 is 1.86 bits per heavy atom. The molecule has 1 aromatic heterocycles. The van der Waals surface area contributed by atoms with Gasteiger partial charge in [0, 0.05) is 44.1 Å². The standard InChI is InChI=1S/C16H19FN4O/c17-14-10-21(11-15(14)22)9-13-7-19-16(20-8-13)18-6-12-4-2-1-3-5-12/h1-5,7-8,14-15,22H,6,9-11H2,(H,18,19,20)/t14-,15-/m1/s1. The van der Waals surface area contributed by atoms with Crippen LogP contribution in [0.2, 0.25) is 0 Å². The lowest BCUT2D eigenvalue weighted by atomic mass is 10.2. The molecule has 5 nitrogen and oxygen atoms in total. The Balaban J connectivity index is 1.52. The Kier molecular flexibility index (Phi) is 4.60. The van der Waals surface area contributed by atoms with Gasteiger partial charge in [0.05, 0.1) is 6.10 Å². The zero-order valence-electron chi connectivity index (χ0n) is 12.2. The molecule has 0 aliphatic carbocycles. The van der Waals surface area contributed by atoms with E-state index in [0.29, 0.717) is 25.6 Å². The van der Waals surface area contributed by atoms with Gasteiger partial charge in [0.2, 0.25) is 5.95 Å². The third-order valence-electron chi connectivity index (χ3n) is 3.70. The number of halogens is 1. The molecule has 1 aromatic carbocycles. The normalized spacial score (nSPS) is 21.9. The van der Waals surface area contributed by atoms with E-state index in [0.717, 1.165) is 11.1 Å². The lowest BCUT2D eigenvalue weighted by Gasteiger charge is -2.14. The molecule has 22 heavy (non-hydrogen) atoms. The number of aromatic nitrogens is 2. The monoisotopic (exact) mass is 302 g/mol. The van der Waals surface area contributed by atoms with E-state index in [4.69, 9.17) is 0 Å². The van der Waals surface area contributed by atoms with Crippen molar-refractivity contribution in [2.45, 2.75) is 25.4 Å². The molecule has 2 aromatic rings. The molecule has 2 atom stereocenters. The largest absolute Gasteiger partial charge is 0.389 e. The fourth-order valence-corrected chi connectivity index (χ4v) is 2.51. The Morgan fingerprint density at radius 3 is 2.50 bits per heavy atom. The minimum absolute atomic E-state index is 0.259. The van der Waals surface area contributed by atoms with E-state index in [1.54, 1.807) is 12.4 Å². The number of β-amino-alcohol motifs (C(OH)–C–C–N with tert-alkyl or cyclic N) is 1. The van der Waals surface area contributed by atoms with Crippen molar-refractivity contribution >= 4 is 5.95 Å². The molecule has 0 spiro atoms. The second kappa shape index (κ2) is 6.81. The molecule has 0 saturated carbocycles. The number of likely N-dealkylation sites (tertiary alicyclic amines) is 1. The third-order valence-corrected chi connectivity index (χ3v) is 3.70. The second-order valence-corrected chi connectivity index (χ2v) is 5.53. The average Bonchev–Trinajstić information content (AvgIpc) is 2.85. The highest BCUT2D eigenvalue weighted by molar-refractivity contribution is 5.27. The summed E-state index contributed by atoms with van der Waals surface area (Å²) in [6, 6.07) is 10.0. The Morgan fingerprint density at radius 1 is 1.14 bits per heavy atom. The molecule has 6 heteroatoms. The van der Waals surface area contributed by atoms with Gasteiger partial charge in [-0.1, -0.05) is 30.3 Å². The Hall–Kier alpha value is -2.05. The fraction of sp³-hybridized carbons (Fsp3) is 0.375. The van der Waals surface area contributed by atoms with Gasteiger partial charge in [-0.3, -0.25) is 4.90 Å². The quantitative estimate of drug-likeness (QED) is 0.878. The van der Waals surface area contributed by atoms with Crippen molar-refractivity contribution in [1.29, 1.82) is 0 Å². The number of aliphatic hydroxyl groups is 1. The lowest BCUT2D eigenvalue weighted by Crippen LogP contribution is -2.21. The first kappa shape index (κ1) is 14.9. The summed E-state index contributed by atoms with van der Waals surface area (Å²) in [5.74, 6) is 0.567. The maximum Gasteiger partial charge on any atom is 0.222 e. The topological polar surface area (TPSA) is 61.3 Å². The zero-order chi connectivity index (χ0) is 15.4. The van der Waals surface area contributed by atoms with Gasteiger partial charge in [-0.25, -0.2) is 14.4 Å². The maximum atomic E-state index is 13.3. The number of alkyl halides is 1. The number of benzene rings is 1. The summed E-state index contributed by atoms with van der Waals surface area (Å²) in [7, 11) is 0. The van der Waals surface area contributed by atoms with Gasteiger partial charge in [-0.2, -0.15) is 0 Å². The lowest BCUT2D eigenvalue weighted by molar-refractivity contribution is 0.115. The van der Waals surface area contributed by atoms with Crippen LogP contribution in [0.25, 0.3) is 0 Å². The predicted octanol–water partition coefficient (Wildman–Crippen LogP) is 1.60. The number of rotatable bonds is 5. The zero-order valence-corrected chi connectivity index (χ0v) is 12.2.